The summed E-state index contributed by atoms with van der Waals surface area (Å²) < 4.78 is 0. The summed E-state index contributed by atoms with van der Waals surface area (Å²) in [5.41, 5.74) is 5.19. The Morgan fingerprint density at radius 3 is 2.11 bits per heavy atom. The van der Waals surface area contributed by atoms with Gasteiger partial charge in [0.2, 0.25) is 23.6 Å². The average Bonchev–Trinajstić information content (AvgIpc) is 2.76. The van der Waals surface area contributed by atoms with Gasteiger partial charge in [-0.25, -0.2) is 4.99 Å². The second kappa shape index (κ2) is 16.2. The second-order valence-corrected chi connectivity index (χ2v) is 7.88. The summed E-state index contributed by atoms with van der Waals surface area (Å²) in [6.45, 7) is 3.63. The molecule has 15 heteroatoms. The molecule has 0 aromatic heterocycles. The number of carbonyl (C=O) groups is 6. The summed E-state index contributed by atoms with van der Waals surface area (Å²) in [5.74, 6) is -5.42. The highest BCUT2D eigenvalue weighted by molar-refractivity contribution is 5.94. The van der Waals surface area contributed by atoms with Crippen molar-refractivity contribution in [2.24, 2.45) is 16.6 Å². The topological polar surface area (TPSA) is 250 Å². The minimum Gasteiger partial charge on any atom is -0.481 e. The Morgan fingerprint density at radius 2 is 1.60 bits per heavy atom. The molecule has 0 saturated carbocycles. The Bertz CT molecular complexity index is 802. The van der Waals surface area contributed by atoms with Crippen molar-refractivity contribution >= 4 is 41.7 Å². The monoisotopic (exact) mass is 502 g/mol. The van der Waals surface area contributed by atoms with Gasteiger partial charge >= 0.3 is 5.97 Å². The van der Waals surface area contributed by atoms with Gasteiger partial charge in [0.1, 0.15) is 18.9 Å². The lowest BCUT2D eigenvalue weighted by Crippen LogP contribution is -2.58. The van der Waals surface area contributed by atoms with Gasteiger partial charge in [-0.05, 0) is 6.92 Å². The first-order valence-electron chi connectivity index (χ1n) is 10.8. The number of aliphatic imine (C=N–C) groups is 1. The fourth-order valence-corrected chi connectivity index (χ4v) is 2.47. The maximum absolute atomic E-state index is 12.8. The van der Waals surface area contributed by atoms with Crippen LogP contribution in [-0.2, 0) is 28.8 Å². The zero-order chi connectivity index (χ0) is 27.1. The maximum atomic E-state index is 12.8. The van der Waals surface area contributed by atoms with Gasteiger partial charge in [-0.2, -0.15) is 0 Å². The Morgan fingerprint density at radius 1 is 0.971 bits per heavy atom. The number of carboxylic acids is 1. The van der Waals surface area contributed by atoms with E-state index in [1.165, 1.54) is 6.92 Å². The maximum Gasteiger partial charge on any atom is 0.305 e. The molecule has 198 valence electrons. The summed E-state index contributed by atoms with van der Waals surface area (Å²) in [4.78, 5) is 73.7. The van der Waals surface area contributed by atoms with Crippen LogP contribution in [0.4, 0.5) is 0 Å². The lowest BCUT2D eigenvalue weighted by atomic mass is 10.1. The third kappa shape index (κ3) is 13.8. The van der Waals surface area contributed by atoms with Gasteiger partial charge in [0, 0.05) is 25.1 Å². The van der Waals surface area contributed by atoms with E-state index in [0.29, 0.717) is 0 Å². The molecule has 9 N–H and O–H groups in total. The zero-order valence-electron chi connectivity index (χ0n) is 19.8. The van der Waals surface area contributed by atoms with Crippen LogP contribution in [0.5, 0.6) is 0 Å². The molecule has 0 aromatic carbocycles. The number of hydrogen-bond donors (Lipinski definition) is 8. The van der Waals surface area contributed by atoms with Crippen molar-refractivity contribution in [1.29, 1.82) is 0 Å². The quantitative estimate of drug-likeness (QED) is 0.0759. The predicted octanol–water partition coefficient (Wildman–Crippen LogP) is -3.65. The highest BCUT2D eigenvalue weighted by Crippen LogP contribution is 2.02. The zero-order valence-corrected chi connectivity index (χ0v) is 19.8. The first-order valence-corrected chi connectivity index (χ1v) is 10.8. The summed E-state index contributed by atoms with van der Waals surface area (Å²) in [6.07, 6.45) is -1.77. The van der Waals surface area contributed by atoms with E-state index in [1.54, 1.807) is 13.8 Å². The molecule has 0 rings (SSSR count). The number of carboxylic acid groups (broad SMARTS) is 1. The van der Waals surface area contributed by atoms with Gasteiger partial charge in [0.15, 0.2) is 0 Å². The summed E-state index contributed by atoms with van der Waals surface area (Å²) in [7, 11) is 0. The molecule has 0 aromatic rings. The van der Waals surface area contributed by atoms with Gasteiger partial charge in [-0.3, -0.25) is 34.1 Å². The first-order chi connectivity index (χ1) is 16.3. The number of amides is 5. The van der Waals surface area contributed by atoms with Crippen LogP contribution in [0.25, 0.3) is 0 Å². The molecule has 0 spiro atoms. The van der Waals surface area contributed by atoms with Crippen molar-refractivity contribution < 1.29 is 44.1 Å². The highest BCUT2D eigenvalue weighted by Gasteiger charge is 2.29. The number of nitrogens with one attached hydrogen (secondary N) is 4. The van der Waals surface area contributed by atoms with E-state index in [-0.39, 0.29) is 31.2 Å². The van der Waals surface area contributed by atoms with Gasteiger partial charge in [-0.15, -0.1) is 0 Å². The largest absolute Gasteiger partial charge is 0.481 e. The predicted molar refractivity (Wildman–Crippen MR) is 122 cm³/mol. The van der Waals surface area contributed by atoms with Crippen LogP contribution in [0.2, 0.25) is 0 Å². The molecule has 0 radical (unpaired) electrons. The SMILES string of the molecule is CC(C)C(=O)N[C@@H](C)C(O)N[C@@H](CC(N)=O)C(=O)N[C@@H](CC=NC(=O)CO)C(=O)NCCC(=O)O. The molecule has 4 atom stereocenters. The molecular weight excluding hydrogens is 468 g/mol. The van der Waals surface area contributed by atoms with Crippen molar-refractivity contribution in [2.45, 2.75) is 64.4 Å². The van der Waals surface area contributed by atoms with Crippen LogP contribution in [0.15, 0.2) is 4.99 Å². The Kier molecular flexibility index (Phi) is 14.6. The van der Waals surface area contributed by atoms with E-state index in [4.69, 9.17) is 15.9 Å². The fraction of sp³-hybridized carbons (Fsp3) is 0.650. The summed E-state index contributed by atoms with van der Waals surface area (Å²) in [5, 5.41) is 37.4. The van der Waals surface area contributed by atoms with Crippen molar-refractivity contribution in [1.82, 2.24) is 21.3 Å². The number of rotatable bonds is 16. The number of aliphatic hydroxyl groups excluding tert-OH is 2. The molecule has 0 aliphatic heterocycles. The third-order valence-corrected chi connectivity index (χ3v) is 4.44. The van der Waals surface area contributed by atoms with E-state index in [2.05, 4.69) is 26.3 Å². The molecule has 15 nitrogen and oxygen atoms in total. The minimum atomic E-state index is -1.47. The van der Waals surface area contributed by atoms with Crippen molar-refractivity contribution in [3.8, 4) is 0 Å². The third-order valence-electron chi connectivity index (χ3n) is 4.44. The number of hydrogen-bond acceptors (Lipinski definition) is 9. The molecule has 5 amide bonds. The minimum absolute atomic E-state index is 0.248. The molecule has 0 fully saturated rings. The number of aliphatic hydroxyl groups is 2. The molecule has 0 saturated heterocycles. The van der Waals surface area contributed by atoms with Gasteiger partial charge in [0.05, 0.1) is 24.9 Å². The molecule has 0 heterocycles. The normalized spacial score (nSPS) is 14.6. The second-order valence-electron chi connectivity index (χ2n) is 7.88. The van der Waals surface area contributed by atoms with Gasteiger partial charge in [-0.1, -0.05) is 13.8 Å². The molecule has 0 aliphatic rings. The van der Waals surface area contributed by atoms with E-state index in [9.17, 15) is 33.9 Å². The molecule has 1 unspecified atom stereocenters. The molecule has 0 aliphatic carbocycles. The van der Waals surface area contributed by atoms with E-state index >= 15 is 0 Å². The number of carbonyl (C=O) groups excluding carboxylic acids is 5. The van der Waals surface area contributed by atoms with Gasteiger partial charge in [0.25, 0.3) is 5.91 Å². The number of nitrogens with zero attached hydrogens (tertiary/aromatic N) is 1. The first kappa shape index (κ1) is 31.6. The van der Waals surface area contributed by atoms with Crippen LogP contribution in [0, 0.1) is 5.92 Å². The molecule has 35 heavy (non-hydrogen) atoms. The summed E-state index contributed by atoms with van der Waals surface area (Å²) in [6, 6.07) is -3.62. The summed E-state index contributed by atoms with van der Waals surface area (Å²) >= 11 is 0. The lowest BCUT2D eigenvalue weighted by molar-refractivity contribution is -0.137. The number of aliphatic carboxylic acids is 1. The Hall–Kier alpha value is -3.43. The molecule has 0 bridgehead atoms. The van der Waals surface area contributed by atoms with Crippen LogP contribution in [-0.4, -0.2) is 94.5 Å². The van der Waals surface area contributed by atoms with Crippen molar-refractivity contribution in [3.05, 3.63) is 0 Å². The average molecular weight is 503 g/mol. The number of primary amides is 1. The smallest absolute Gasteiger partial charge is 0.305 e. The van der Waals surface area contributed by atoms with Gasteiger partial charge < -0.3 is 37.0 Å². The Balaban J connectivity index is 5.47. The van der Waals surface area contributed by atoms with E-state index in [0.717, 1.165) is 6.21 Å². The standard InChI is InChI=1S/C20H34N6O9/c1-10(2)17(32)24-11(3)18(33)26-13(8-14(21)28)20(35)25-12(4-6-22-15(29)9-27)19(34)23-7-5-16(30)31/h6,10-13,18,26-27,33H,4-5,7-9H2,1-3H3,(H2,21,28)(H,23,34)(H,24,32)(H,25,35)(H,30,31)/t11-,12-,13-,18?/m0/s1. The van der Waals surface area contributed by atoms with Crippen molar-refractivity contribution in [2.75, 3.05) is 13.2 Å². The Labute approximate surface area is 201 Å². The van der Waals surface area contributed by atoms with Crippen LogP contribution in [0.3, 0.4) is 0 Å². The van der Waals surface area contributed by atoms with Crippen LogP contribution in [0.1, 0.15) is 40.0 Å². The molecular formula is C20H34N6O9. The van der Waals surface area contributed by atoms with E-state index < -0.39 is 67.0 Å². The van der Waals surface area contributed by atoms with Crippen LogP contribution >= 0.6 is 0 Å². The highest BCUT2D eigenvalue weighted by atomic mass is 16.4. The van der Waals surface area contributed by atoms with Crippen LogP contribution < -0.4 is 27.0 Å². The van der Waals surface area contributed by atoms with E-state index in [1.807, 2.05) is 0 Å². The fourth-order valence-electron chi connectivity index (χ4n) is 2.47. The van der Waals surface area contributed by atoms with Crippen molar-refractivity contribution in [3.63, 3.8) is 0 Å². The lowest BCUT2D eigenvalue weighted by Gasteiger charge is -2.27. The number of nitrogens with two attached hydrogens (primary N) is 1.